The van der Waals surface area contributed by atoms with Crippen LogP contribution in [-0.2, 0) is 6.18 Å². The van der Waals surface area contributed by atoms with E-state index < -0.39 is 11.7 Å². The summed E-state index contributed by atoms with van der Waals surface area (Å²) >= 11 is 0. The number of alkyl halides is 3. The third kappa shape index (κ3) is 2.84. The highest BCUT2D eigenvalue weighted by Gasteiger charge is 2.30. The van der Waals surface area contributed by atoms with Crippen LogP contribution in [0.3, 0.4) is 0 Å². The molecule has 0 aliphatic carbocycles. The summed E-state index contributed by atoms with van der Waals surface area (Å²) in [5.41, 5.74) is 0.216. The number of rotatable bonds is 3. The van der Waals surface area contributed by atoms with Crippen molar-refractivity contribution in [1.82, 2.24) is 4.98 Å². The standard InChI is InChI=1S/C14H12F3NO2/c1-19-10-4-5-11(13(7-10)20-2)12-6-3-9(8-18-12)14(15,16)17/h3-8H,1-2H3. The van der Waals surface area contributed by atoms with Crippen molar-refractivity contribution in [2.24, 2.45) is 0 Å². The first-order valence-corrected chi connectivity index (χ1v) is 5.71. The Bertz CT molecular complexity index is 594. The van der Waals surface area contributed by atoms with Crippen molar-refractivity contribution in [2.75, 3.05) is 14.2 Å². The highest BCUT2D eigenvalue weighted by atomic mass is 19.4. The van der Waals surface area contributed by atoms with E-state index >= 15 is 0 Å². The van der Waals surface area contributed by atoms with Gasteiger partial charge in [-0.2, -0.15) is 13.2 Å². The molecular weight excluding hydrogens is 271 g/mol. The minimum atomic E-state index is -4.39. The molecule has 0 aliphatic heterocycles. The van der Waals surface area contributed by atoms with Gasteiger partial charge in [-0.3, -0.25) is 4.98 Å². The van der Waals surface area contributed by atoms with E-state index in [1.807, 2.05) is 0 Å². The van der Waals surface area contributed by atoms with Gasteiger partial charge in [-0.1, -0.05) is 0 Å². The van der Waals surface area contributed by atoms with Crippen molar-refractivity contribution in [3.63, 3.8) is 0 Å². The van der Waals surface area contributed by atoms with E-state index in [-0.39, 0.29) is 0 Å². The number of hydrogen-bond acceptors (Lipinski definition) is 3. The quantitative estimate of drug-likeness (QED) is 0.859. The van der Waals surface area contributed by atoms with Crippen molar-refractivity contribution in [2.45, 2.75) is 6.18 Å². The summed E-state index contributed by atoms with van der Waals surface area (Å²) in [6.07, 6.45) is -3.59. The first-order chi connectivity index (χ1) is 9.45. The van der Waals surface area contributed by atoms with Crippen LogP contribution in [0.1, 0.15) is 5.56 Å². The van der Waals surface area contributed by atoms with Gasteiger partial charge in [0.15, 0.2) is 0 Å². The van der Waals surface area contributed by atoms with E-state index in [1.54, 1.807) is 18.2 Å². The van der Waals surface area contributed by atoms with Crippen LogP contribution < -0.4 is 9.47 Å². The van der Waals surface area contributed by atoms with Crippen LogP contribution in [0.4, 0.5) is 13.2 Å². The van der Waals surface area contributed by atoms with Crippen LogP contribution in [0.2, 0.25) is 0 Å². The van der Waals surface area contributed by atoms with Gasteiger partial charge < -0.3 is 9.47 Å². The molecule has 0 unspecified atom stereocenters. The largest absolute Gasteiger partial charge is 0.497 e. The number of methoxy groups -OCH3 is 2. The number of benzene rings is 1. The minimum Gasteiger partial charge on any atom is -0.497 e. The molecule has 1 aromatic carbocycles. The summed E-state index contributed by atoms with van der Waals surface area (Å²) in [6.45, 7) is 0. The Morgan fingerprint density at radius 2 is 1.75 bits per heavy atom. The molecule has 2 rings (SSSR count). The summed E-state index contributed by atoms with van der Waals surface area (Å²) < 4.78 is 47.7. The summed E-state index contributed by atoms with van der Waals surface area (Å²) in [7, 11) is 2.99. The molecule has 106 valence electrons. The predicted octanol–water partition coefficient (Wildman–Crippen LogP) is 3.78. The second kappa shape index (κ2) is 5.40. The summed E-state index contributed by atoms with van der Waals surface area (Å²) in [6, 6.07) is 7.33. The maximum atomic E-state index is 12.5. The molecule has 0 amide bonds. The number of pyridine rings is 1. The van der Waals surface area contributed by atoms with Crippen LogP contribution in [0.25, 0.3) is 11.3 Å². The molecule has 0 N–H and O–H groups in total. The van der Waals surface area contributed by atoms with Gasteiger partial charge in [-0.05, 0) is 24.3 Å². The Hall–Kier alpha value is -2.24. The Balaban J connectivity index is 2.41. The van der Waals surface area contributed by atoms with Gasteiger partial charge >= 0.3 is 6.18 Å². The molecule has 6 heteroatoms. The maximum Gasteiger partial charge on any atom is 0.417 e. The second-order valence-corrected chi connectivity index (χ2v) is 4.00. The van der Waals surface area contributed by atoms with Crippen molar-refractivity contribution in [3.05, 3.63) is 42.1 Å². The first-order valence-electron chi connectivity index (χ1n) is 5.71. The Morgan fingerprint density at radius 3 is 2.25 bits per heavy atom. The zero-order valence-corrected chi connectivity index (χ0v) is 10.9. The van der Waals surface area contributed by atoms with Gasteiger partial charge in [0.25, 0.3) is 0 Å². The molecule has 0 saturated heterocycles. The van der Waals surface area contributed by atoms with Gasteiger partial charge in [0.1, 0.15) is 11.5 Å². The van der Waals surface area contributed by atoms with Crippen LogP contribution in [0, 0.1) is 0 Å². The number of aromatic nitrogens is 1. The molecule has 0 aliphatic rings. The summed E-state index contributed by atoms with van der Waals surface area (Å²) in [5, 5.41) is 0. The highest BCUT2D eigenvalue weighted by molar-refractivity contribution is 5.68. The Morgan fingerprint density at radius 1 is 1.00 bits per heavy atom. The molecule has 0 spiro atoms. The van der Waals surface area contributed by atoms with E-state index in [1.165, 1.54) is 20.3 Å². The molecule has 2 aromatic rings. The van der Waals surface area contributed by atoms with E-state index in [4.69, 9.17) is 9.47 Å². The lowest BCUT2D eigenvalue weighted by Gasteiger charge is -2.11. The molecule has 20 heavy (non-hydrogen) atoms. The Labute approximate surface area is 114 Å². The third-order valence-electron chi connectivity index (χ3n) is 2.78. The number of hydrogen-bond donors (Lipinski definition) is 0. The fourth-order valence-electron chi connectivity index (χ4n) is 1.73. The number of ether oxygens (including phenoxy) is 2. The van der Waals surface area contributed by atoms with Crippen LogP contribution in [-0.4, -0.2) is 19.2 Å². The predicted molar refractivity (Wildman–Crippen MR) is 67.8 cm³/mol. The van der Waals surface area contributed by atoms with Crippen molar-refractivity contribution >= 4 is 0 Å². The van der Waals surface area contributed by atoms with Gasteiger partial charge in [0.2, 0.25) is 0 Å². The molecule has 1 aromatic heterocycles. The molecule has 0 saturated carbocycles. The molecule has 0 atom stereocenters. The molecule has 0 fully saturated rings. The lowest BCUT2D eigenvalue weighted by Crippen LogP contribution is -2.05. The summed E-state index contributed by atoms with van der Waals surface area (Å²) in [5.74, 6) is 1.08. The minimum absolute atomic E-state index is 0.400. The summed E-state index contributed by atoms with van der Waals surface area (Å²) in [4.78, 5) is 3.84. The van der Waals surface area contributed by atoms with E-state index in [9.17, 15) is 13.2 Å². The number of halogens is 3. The molecule has 1 heterocycles. The van der Waals surface area contributed by atoms with Gasteiger partial charge in [-0.15, -0.1) is 0 Å². The Kier molecular flexibility index (Phi) is 3.83. The normalized spacial score (nSPS) is 11.2. The topological polar surface area (TPSA) is 31.4 Å². The van der Waals surface area contributed by atoms with Crippen molar-refractivity contribution < 1.29 is 22.6 Å². The monoisotopic (exact) mass is 283 g/mol. The van der Waals surface area contributed by atoms with Crippen molar-refractivity contribution in [1.29, 1.82) is 0 Å². The maximum absolute atomic E-state index is 12.5. The van der Waals surface area contributed by atoms with Crippen LogP contribution >= 0.6 is 0 Å². The first kappa shape index (κ1) is 14.2. The number of nitrogens with zero attached hydrogens (tertiary/aromatic N) is 1. The average Bonchev–Trinajstić information content (AvgIpc) is 2.45. The second-order valence-electron chi connectivity index (χ2n) is 4.00. The van der Waals surface area contributed by atoms with E-state index in [0.717, 1.165) is 12.3 Å². The van der Waals surface area contributed by atoms with Crippen LogP contribution in [0.15, 0.2) is 36.5 Å². The lowest BCUT2D eigenvalue weighted by molar-refractivity contribution is -0.137. The molecule has 3 nitrogen and oxygen atoms in total. The average molecular weight is 283 g/mol. The third-order valence-corrected chi connectivity index (χ3v) is 2.78. The van der Waals surface area contributed by atoms with E-state index in [0.29, 0.717) is 22.8 Å². The van der Waals surface area contributed by atoms with Crippen molar-refractivity contribution in [3.8, 4) is 22.8 Å². The smallest absolute Gasteiger partial charge is 0.417 e. The fraction of sp³-hybridized carbons (Fsp3) is 0.214. The molecule has 0 radical (unpaired) electrons. The molecule has 0 bridgehead atoms. The SMILES string of the molecule is COc1ccc(-c2ccc(C(F)(F)F)cn2)c(OC)c1. The highest BCUT2D eigenvalue weighted by Crippen LogP contribution is 2.34. The van der Waals surface area contributed by atoms with Gasteiger partial charge in [0, 0.05) is 17.8 Å². The zero-order valence-electron chi connectivity index (χ0n) is 10.9. The van der Waals surface area contributed by atoms with Gasteiger partial charge in [-0.25, -0.2) is 0 Å². The lowest BCUT2D eigenvalue weighted by atomic mass is 10.1. The fourth-order valence-corrected chi connectivity index (χ4v) is 1.73. The molecular formula is C14H12F3NO2. The van der Waals surface area contributed by atoms with Crippen LogP contribution in [0.5, 0.6) is 11.5 Å². The van der Waals surface area contributed by atoms with Gasteiger partial charge in [0.05, 0.1) is 25.5 Å². The zero-order chi connectivity index (χ0) is 14.8. The van der Waals surface area contributed by atoms with E-state index in [2.05, 4.69) is 4.98 Å².